The van der Waals surface area contributed by atoms with E-state index in [4.69, 9.17) is 9.47 Å². The van der Waals surface area contributed by atoms with Crippen molar-refractivity contribution in [2.75, 3.05) is 33.2 Å². The Labute approximate surface area is 262 Å². The molecule has 0 bridgehead atoms. The van der Waals surface area contributed by atoms with Gasteiger partial charge in [0.1, 0.15) is 19.3 Å². The van der Waals surface area contributed by atoms with Crippen LogP contribution in [0.25, 0.3) is 0 Å². The number of amides is 3. The first-order chi connectivity index (χ1) is 21.4. The van der Waals surface area contributed by atoms with E-state index in [1.807, 2.05) is 0 Å². The first-order valence-electron chi connectivity index (χ1n) is 14.1. The van der Waals surface area contributed by atoms with E-state index in [0.29, 0.717) is 37.2 Å². The van der Waals surface area contributed by atoms with Crippen LogP contribution in [0.3, 0.4) is 0 Å². The molecule has 3 amide bonds. The Balaban J connectivity index is 1.30. The minimum Gasteiger partial charge on any atom is -0.445 e. The Morgan fingerprint density at radius 2 is 1.47 bits per heavy atom. The van der Waals surface area contributed by atoms with Gasteiger partial charge in [0.05, 0.1) is 9.85 Å². The van der Waals surface area contributed by atoms with Crippen LogP contribution < -0.4 is 0 Å². The summed E-state index contributed by atoms with van der Waals surface area (Å²) >= 11 is 1.07. The summed E-state index contributed by atoms with van der Waals surface area (Å²) < 4.78 is 10.8. The lowest BCUT2D eigenvalue weighted by Crippen LogP contribution is -2.47. The lowest BCUT2D eigenvalue weighted by molar-refractivity contribution is -0.385. The number of nitrogens with zero attached hydrogens (tertiary/aromatic N) is 5. The van der Waals surface area contributed by atoms with Crippen molar-refractivity contribution < 1.29 is 38.5 Å². The van der Waals surface area contributed by atoms with Gasteiger partial charge in [0.25, 0.3) is 11.4 Å². The Morgan fingerprint density at radius 3 is 2.00 bits per heavy atom. The van der Waals surface area contributed by atoms with Gasteiger partial charge in [0, 0.05) is 69.7 Å². The van der Waals surface area contributed by atoms with Gasteiger partial charge in [-0.25, -0.2) is 9.59 Å². The third-order valence-corrected chi connectivity index (χ3v) is 8.58. The van der Waals surface area contributed by atoms with Gasteiger partial charge in [-0.05, 0) is 54.2 Å². The predicted molar refractivity (Wildman–Crippen MR) is 161 cm³/mol. The van der Waals surface area contributed by atoms with Crippen LogP contribution in [0.5, 0.6) is 0 Å². The second-order valence-electron chi connectivity index (χ2n) is 10.9. The average molecular weight is 644 g/mol. The monoisotopic (exact) mass is 643 g/mol. The number of nitro groups is 2. The zero-order valence-corrected chi connectivity index (χ0v) is 25.6. The molecule has 2 aromatic rings. The number of carbonyl (C=O) groups excluding carboxylic acids is 4. The van der Waals surface area contributed by atoms with Crippen molar-refractivity contribution in [2.45, 2.75) is 44.3 Å². The third-order valence-electron chi connectivity index (χ3n) is 7.58. The molecule has 0 aliphatic carbocycles. The minimum atomic E-state index is -0.825. The molecule has 2 aliphatic heterocycles. The molecule has 2 aliphatic rings. The lowest BCUT2D eigenvalue weighted by atomic mass is 10.1. The number of ether oxygens (including phenoxy) is 2. The number of benzene rings is 2. The Morgan fingerprint density at radius 1 is 0.911 bits per heavy atom. The predicted octanol–water partition coefficient (Wildman–Crippen LogP) is 3.98. The van der Waals surface area contributed by atoms with Crippen LogP contribution >= 0.6 is 11.8 Å². The molecule has 2 heterocycles. The topological polar surface area (TPSA) is 183 Å². The number of hydrogen-bond acceptors (Lipinski definition) is 11. The molecule has 0 spiro atoms. The van der Waals surface area contributed by atoms with Crippen LogP contribution in [0.15, 0.2) is 48.5 Å². The van der Waals surface area contributed by atoms with Crippen molar-refractivity contribution >= 4 is 46.3 Å². The fraction of sp³-hybridized carbons (Fsp3) is 0.448. The Hall–Kier alpha value is -4.73. The van der Waals surface area contributed by atoms with E-state index in [2.05, 4.69) is 0 Å². The summed E-state index contributed by atoms with van der Waals surface area (Å²) in [6, 6.07) is 10.5. The molecule has 3 atom stereocenters. The van der Waals surface area contributed by atoms with E-state index in [1.54, 1.807) is 11.9 Å². The summed E-state index contributed by atoms with van der Waals surface area (Å²) in [5.41, 5.74) is 1.00. The van der Waals surface area contributed by atoms with Gasteiger partial charge in [-0.1, -0.05) is 11.8 Å². The number of nitro benzene ring substituents is 2. The summed E-state index contributed by atoms with van der Waals surface area (Å²) in [6.07, 6.45) is -0.370. The second-order valence-corrected chi connectivity index (χ2v) is 12.4. The highest BCUT2D eigenvalue weighted by molar-refractivity contribution is 8.14. The van der Waals surface area contributed by atoms with Crippen molar-refractivity contribution in [3.63, 3.8) is 0 Å². The van der Waals surface area contributed by atoms with E-state index in [9.17, 15) is 39.4 Å². The van der Waals surface area contributed by atoms with Crippen LogP contribution in [0, 0.1) is 26.1 Å². The van der Waals surface area contributed by atoms with Gasteiger partial charge in [0.15, 0.2) is 5.12 Å². The van der Waals surface area contributed by atoms with Crippen molar-refractivity contribution in [1.82, 2.24) is 14.7 Å². The van der Waals surface area contributed by atoms with Crippen LogP contribution in [0.2, 0.25) is 0 Å². The molecule has 0 N–H and O–H groups in total. The Bertz CT molecular complexity index is 1440. The molecule has 0 unspecified atom stereocenters. The zero-order chi connectivity index (χ0) is 32.7. The van der Waals surface area contributed by atoms with E-state index < -0.39 is 28.1 Å². The fourth-order valence-electron chi connectivity index (χ4n) is 5.32. The molecule has 0 saturated carbocycles. The highest BCUT2D eigenvalue weighted by Gasteiger charge is 2.44. The third kappa shape index (κ3) is 8.90. The molecule has 16 heteroatoms. The van der Waals surface area contributed by atoms with E-state index in [0.717, 1.165) is 11.8 Å². The van der Waals surface area contributed by atoms with Crippen LogP contribution in [-0.4, -0.2) is 92.3 Å². The van der Waals surface area contributed by atoms with Gasteiger partial charge in [-0.15, -0.1) is 0 Å². The molecule has 0 radical (unpaired) electrons. The van der Waals surface area contributed by atoms with Gasteiger partial charge in [-0.3, -0.25) is 34.7 Å². The van der Waals surface area contributed by atoms with Crippen LogP contribution in [0.1, 0.15) is 30.9 Å². The van der Waals surface area contributed by atoms with Crippen molar-refractivity contribution in [2.24, 2.45) is 5.92 Å². The van der Waals surface area contributed by atoms with E-state index in [1.165, 1.54) is 65.3 Å². The number of thioether (sulfide) groups is 1. The molecule has 15 nitrogen and oxygen atoms in total. The van der Waals surface area contributed by atoms with Gasteiger partial charge >= 0.3 is 12.2 Å². The molecule has 2 fully saturated rings. The van der Waals surface area contributed by atoms with Crippen molar-refractivity contribution in [1.29, 1.82) is 0 Å². The molecule has 240 valence electrons. The highest BCUT2D eigenvalue weighted by Crippen LogP contribution is 2.31. The standard InChI is InChI=1S/C29H33N5O10S/c1-19(35)45-25-13-26(32(16-25)29(38)44-18-21-5-9-24(10-6-21)34(41)42)27(36)31-12-11-22(15-31)14-30(2)28(37)43-17-20-3-7-23(8-4-20)33(39)40/h3-10,22,25-26H,11-18H2,1-2H3/t22-,25+,26+/m1/s1. The van der Waals surface area contributed by atoms with Gasteiger partial charge in [0.2, 0.25) is 5.91 Å². The van der Waals surface area contributed by atoms with Crippen LogP contribution in [-0.2, 0) is 32.3 Å². The van der Waals surface area contributed by atoms with E-state index in [-0.39, 0.29) is 59.7 Å². The number of rotatable bonds is 10. The van der Waals surface area contributed by atoms with E-state index >= 15 is 0 Å². The smallest absolute Gasteiger partial charge is 0.410 e. The molecular formula is C29H33N5O10S. The van der Waals surface area contributed by atoms with Crippen LogP contribution in [0.4, 0.5) is 21.0 Å². The molecule has 4 rings (SSSR count). The summed E-state index contributed by atoms with van der Waals surface area (Å²) in [4.78, 5) is 76.1. The minimum absolute atomic E-state index is 0.0304. The molecule has 0 aromatic heterocycles. The SMILES string of the molecule is CC(=O)S[C@H]1C[C@@H](C(=O)N2CC[C@H](CN(C)C(=O)OCc3ccc([N+](=O)[O-])cc3)C2)N(C(=O)OCc2ccc([N+](=O)[O-])cc2)C1. The van der Waals surface area contributed by atoms with Gasteiger partial charge < -0.3 is 19.3 Å². The summed E-state index contributed by atoms with van der Waals surface area (Å²) in [6.45, 7) is 2.52. The summed E-state index contributed by atoms with van der Waals surface area (Å²) in [5.74, 6) is -0.294. The van der Waals surface area contributed by atoms with Crippen molar-refractivity contribution in [3.05, 3.63) is 79.9 Å². The first kappa shape index (κ1) is 33.2. The molecule has 2 aromatic carbocycles. The largest absolute Gasteiger partial charge is 0.445 e. The number of likely N-dealkylation sites (tertiary alicyclic amines) is 2. The quantitative estimate of drug-likeness (QED) is 0.270. The van der Waals surface area contributed by atoms with Crippen molar-refractivity contribution in [3.8, 4) is 0 Å². The fourth-order valence-corrected chi connectivity index (χ4v) is 6.30. The normalized spacial score (nSPS) is 19.2. The molecular weight excluding hydrogens is 610 g/mol. The summed E-state index contributed by atoms with van der Waals surface area (Å²) in [7, 11) is 1.59. The molecule has 2 saturated heterocycles. The maximum absolute atomic E-state index is 13.6. The first-order valence-corrected chi connectivity index (χ1v) is 15.0. The lowest BCUT2D eigenvalue weighted by Gasteiger charge is -2.27. The number of carbonyl (C=O) groups is 4. The Kier molecular flexibility index (Phi) is 10.9. The number of non-ortho nitro benzene ring substituents is 2. The zero-order valence-electron chi connectivity index (χ0n) is 24.7. The molecule has 45 heavy (non-hydrogen) atoms. The number of hydrogen-bond donors (Lipinski definition) is 0. The summed E-state index contributed by atoms with van der Waals surface area (Å²) in [5, 5.41) is 21.3. The maximum atomic E-state index is 13.6. The average Bonchev–Trinajstić information content (AvgIpc) is 3.65. The highest BCUT2D eigenvalue weighted by atomic mass is 32.2. The maximum Gasteiger partial charge on any atom is 0.410 e. The van der Waals surface area contributed by atoms with Gasteiger partial charge in [-0.2, -0.15) is 0 Å². The second kappa shape index (κ2) is 14.8.